The molecule has 2 N–H and O–H groups in total. The lowest BCUT2D eigenvalue weighted by Gasteiger charge is -2.12. The number of nitrogens with zero attached hydrogens (tertiary/aromatic N) is 1. The van der Waals surface area contributed by atoms with Gasteiger partial charge in [0.25, 0.3) is 11.6 Å². The molecule has 0 aliphatic heterocycles. The number of carbonyl (C=O) groups excluding carboxylic acids is 1. The molecule has 0 spiro atoms. The summed E-state index contributed by atoms with van der Waals surface area (Å²) < 4.78 is 38.0. The molecule has 0 aliphatic carbocycles. The molecule has 10 heteroatoms. The molecular formula is C10H8BrF3N2O4. The minimum absolute atomic E-state index is 0.0993. The molecule has 0 radical (unpaired) electrons. The van der Waals surface area contributed by atoms with Gasteiger partial charge >= 0.3 is 6.18 Å². The summed E-state index contributed by atoms with van der Waals surface area (Å²) >= 11 is 2.83. The molecule has 0 saturated carbocycles. The van der Waals surface area contributed by atoms with Gasteiger partial charge in [-0.05, 0) is 12.1 Å². The number of hydrogen-bond donors (Lipinski definition) is 2. The van der Waals surface area contributed by atoms with Crippen LogP contribution in [0.1, 0.15) is 5.56 Å². The minimum Gasteiger partial charge on any atom is -0.382 e. The highest BCUT2D eigenvalue weighted by Gasteiger charge is 2.38. The van der Waals surface area contributed by atoms with Crippen LogP contribution in [-0.2, 0) is 11.0 Å². The molecule has 20 heavy (non-hydrogen) atoms. The molecule has 1 unspecified atom stereocenters. The van der Waals surface area contributed by atoms with E-state index in [1.54, 1.807) is 0 Å². The smallest absolute Gasteiger partial charge is 0.382 e. The van der Waals surface area contributed by atoms with Crippen molar-refractivity contribution in [2.24, 2.45) is 0 Å². The first-order chi connectivity index (χ1) is 9.16. The molecule has 1 rings (SSSR count). The second kappa shape index (κ2) is 6.18. The van der Waals surface area contributed by atoms with E-state index >= 15 is 0 Å². The normalized spacial score (nSPS) is 12.8. The molecule has 1 atom stereocenters. The van der Waals surface area contributed by atoms with E-state index in [-0.39, 0.29) is 11.0 Å². The number of alkyl halides is 4. The first kappa shape index (κ1) is 16.4. The summed E-state index contributed by atoms with van der Waals surface area (Å²) in [5, 5.41) is 21.6. The number of amides is 1. The average Bonchev–Trinajstić information content (AvgIpc) is 2.36. The van der Waals surface area contributed by atoms with Gasteiger partial charge in [0.15, 0.2) is 0 Å². The van der Waals surface area contributed by atoms with Gasteiger partial charge in [-0.15, -0.1) is 0 Å². The highest BCUT2D eigenvalue weighted by Crippen LogP contribution is 2.37. The van der Waals surface area contributed by atoms with Gasteiger partial charge in [0.2, 0.25) is 0 Å². The summed E-state index contributed by atoms with van der Waals surface area (Å²) in [5.41, 5.74) is -2.89. The lowest BCUT2D eigenvalue weighted by atomic mass is 10.1. The van der Waals surface area contributed by atoms with Crippen molar-refractivity contribution in [2.45, 2.75) is 12.3 Å². The fraction of sp³-hybridized carbons (Fsp3) is 0.300. The molecule has 110 valence electrons. The number of nitro groups is 1. The van der Waals surface area contributed by atoms with Gasteiger partial charge in [0.05, 0.1) is 4.92 Å². The van der Waals surface area contributed by atoms with Crippen LogP contribution in [0, 0.1) is 10.1 Å². The lowest BCUT2D eigenvalue weighted by Crippen LogP contribution is -2.28. The summed E-state index contributed by atoms with van der Waals surface area (Å²) in [7, 11) is 0. The molecule has 0 saturated heterocycles. The van der Waals surface area contributed by atoms with E-state index < -0.39 is 34.4 Å². The summed E-state index contributed by atoms with van der Waals surface area (Å²) in [6, 6.07) is 2.03. The van der Waals surface area contributed by atoms with E-state index in [4.69, 9.17) is 0 Å². The van der Waals surface area contributed by atoms with Gasteiger partial charge in [0, 0.05) is 17.1 Å². The number of anilines is 1. The van der Waals surface area contributed by atoms with Gasteiger partial charge in [-0.2, -0.15) is 13.2 Å². The number of aliphatic hydroxyl groups excluding tert-OH is 1. The molecule has 6 nitrogen and oxygen atoms in total. The van der Waals surface area contributed by atoms with Gasteiger partial charge in [0.1, 0.15) is 11.7 Å². The van der Waals surface area contributed by atoms with E-state index in [9.17, 15) is 33.2 Å². The molecule has 0 aliphatic rings. The number of hydrogen-bond acceptors (Lipinski definition) is 4. The highest BCUT2D eigenvalue weighted by molar-refractivity contribution is 9.09. The summed E-state index contributed by atoms with van der Waals surface area (Å²) in [5.74, 6) is -0.927. The van der Waals surface area contributed by atoms with Crippen LogP contribution in [-0.4, -0.2) is 27.4 Å². The standard InChI is InChI=1S/C10H8BrF3N2O4/c11-4-8(17)9(18)15-5-1-2-7(16(19)20)6(3-5)10(12,13)14/h1-3,8,17H,4H2,(H,15,18). The van der Waals surface area contributed by atoms with E-state index in [0.29, 0.717) is 12.1 Å². The predicted molar refractivity (Wildman–Crippen MR) is 66.5 cm³/mol. The van der Waals surface area contributed by atoms with Crippen molar-refractivity contribution in [3.63, 3.8) is 0 Å². The number of rotatable bonds is 4. The molecule has 0 aromatic heterocycles. The zero-order valence-corrected chi connectivity index (χ0v) is 11.2. The van der Waals surface area contributed by atoms with Crippen LogP contribution < -0.4 is 5.32 Å². The maximum atomic E-state index is 12.7. The Hall–Kier alpha value is -1.68. The van der Waals surface area contributed by atoms with Crippen LogP contribution >= 0.6 is 15.9 Å². The summed E-state index contributed by atoms with van der Waals surface area (Å²) in [4.78, 5) is 20.7. The zero-order chi connectivity index (χ0) is 15.5. The van der Waals surface area contributed by atoms with Crippen molar-refractivity contribution in [3.8, 4) is 0 Å². The van der Waals surface area contributed by atoms with Crippen molar-refractivity contribution in [1.29, 1.82) is 0 Å². The third-order valence-corrected chi connectivity index (χ3v) is 2.83. The Morgan fingerprint density at radius 3 is 2.55 bits per heavy atom. The average molecular weight is 357 g/mol. The van der Waals surface area contributed by atoms with E-state index in [1.807, 2.05) is 5.32 Å². The number of aliphatic hydroxyl groups is 1. The third-order valence-electron chi connectivity index (χ3n) is 2.21. The van der Waals surface area contributed by atoms with Crippen molar-refractivity contribution >= 4 is 33.2 Å². The number of nitrogens with one attached hydrogen (secondary N) is 1. The number of halogens is 4. The van der Waals surface area contributed by atoms with Crippen LogP contribution in [0.15, 0.2) is 18.2 Å². The maximum absolute atomic E-state index is 12.7. The van der Waals surface area contributed by atoms with E-state index in [0.717, 1.165) is 6.07 Å². The topological polar surface area (TPSA) is 92.5 Å². The molecule has 0 fully saturated rings. The molecule has 0 bridgehead atoms. The van der Waals surface area contributed by atoms with Gasteiger partial charge in [-0.1, -0.05) is 15.9 Å². The number of benzene rings is 1. The Morgan fingerprint density at radius 2 is 2.10 bits per heavy atom. The third kappa shape index (κ3) is 3.90. The van der Waals surface area contributed by atoms with Gasteiger partial charge in [-0.25, -0.2) is 0 Å². The first-order valence-corrected chi connectivity index (χ1v) is 6.19. The van der Waals surface area contributed by atoms with Crippen LogP contribution in [0.3, 0.4) is 0 Å². The highest BCUT2D eigenvalue weighted by atomic mass is 79.9. The quantitative estimate of drug-likeness (QED) is 0.491. The summed E-state index contributed by atoms with van der Waals surface area (Å²) in [6.45, 7) is 0. The fourth-order valence-electron chi connectivity index (χ4n) is 1.30. The Bertz CT molecular complexity index is 536. The Kier molecular flexibility index (Phi) is 5.06. The van der Waals surface area contributed by atoms with Crippen molar-refractivity contribution < 1.29 is 28.0 Å². The van der Waals surface area contributed by atoms with Crippen LogP contribution in [0.25, 0.3) is 0 Å². The SMILES string of the molecule is O=C(Nc1ccc([N+](=O)[O-])c(C(F)(F)F)c1)C(O)CBr. The monoisotopic (exact) mass is 356 g/mol. The van der Waals surface area contributed by atoms with Crippen LogP contribution in [0.5, 0.6) is 0 Å². The molecular weight excluding hydrogens is 349 g/mol. The predicted octanol–water partition coefficient (Wildman–Crippen LogP) is 2.31. The van der Waals surface area contributed by atoms with E-state index in [1.165, 1.54) is 0 Å². The number of carbonyl (C=O) groups is 1. The molecule has 1 aromatic rings. The molecule has 1 aromatic carbocycles. The zero-order valence-electron chi connectivity index (χ0n) is 9.65. The maximum Gasteiger partial charge on any atom is 0.423 e. The second-order valence-corrected chi connectivity index (χ2v) is 4.29. The Morgan fingerprint density at radius 1 is 1.50 bits per heavy atom. The fourth-order valence-corrected chi connectivity index (χ4v) is 1.59. The Labute approximate surface area is 118 Å². The summed E-state index contributed by atoms with van der Waals surface area (Å²) in [6.07, 6.45) is -6.38. The number of nitro benzene ring substituents is 1. The Balaban J connectivity index is 3.14. The van der Waals surface area contributed by atoms with Crippen LogP contribution in [0.4, 0.5) is 24.5 Å². The lowest BCUT2D eigenvalue weighted by molar-refractivity contribution is -0.388. The van der Waals surface area contributed by atoms with Crippen molar-refractivity contribution in [3.05, 3.63) is 33.9 Å². The van der Waals surface area contributed by atoms with Crippen LogP contribution in [0.2, 0.25) is 0 Å². The van der Waals surface area contributed by atoms with Crippen molar-refractivity contribution in [2.75, 3.05) is 10.6 Å². The first-order valence-electron chi connectivity index (χ1n) is 5.07. The molecule has 0 heterocycles. The van der Waals surface area contributed by atoms with Crippen molar-refractivity contribution in [1.82, 2.24) is 0 Å². The second-order valence-electron chi connectivity index (χ2n) is 3.65. The van der Waals surface area contributed by atoms with E-state index in [2.05, 4.69) is 15.9 Å². The molecule has 1 amide bonds. The van der Waals surface area contributed by atoms with Gasteiger partial charge < -0.3 is 10.4 Å². The minimum atomic E-state index is -4.93. The van der Waals surface area contributed by atoms with Gasteiger partial charge in [-0.3, -0.25) is 14.9 Å². The largest absolute Gasteiger partial charge is 0.423 e.